The number of carbonyl (C=O) groups excluding carboxylic acids is 2. The summed E-state index contributed by atoms with van der Waals surface area (Å²) in [5.74, 6) is -0.211. The fourth-order valence-corrected chi connectivity index (χ4v) is 3.32. The van der Waals surface area contributed by atoms with E-state index in [4.69, 9.17) is 11.6 Å². The van der Waals surface area contributed by atoms with Crippen molar-refractivity contribution in [2.45, 2.75) is 25.8 Å². The van der Waals surface area contributed by atoms with Crippen molar-refractivity contribution in [3.05, 3.63) is 22.4 Å². The molecular formula is C12H10ClN3O2S. The van der Waals surface area contributed by atoms with E-state index in [1.807, 2.05) is 6.07 Å². The smallest absolute Gasteiger partial charge is 0.229 e. The van der Waals surface area contributed by atoms with Crippen molar-refractivity contribution in [3.63, 3.8) is 0 Å². The number of rotatable bonds is 2. The quantitative estimate of drug-likeness (QED) is 0.630. The predicted octanol–water partition coefficient (Wildman–Crippen LogP) is 2.38. The van der Waals surface area contributed by atoms with Crippen molar-refractivity contribution >= 4 is 45.0 Å². The average Bonchev–Trinajstić information content (AvgIpc) is 2.78. The summed E-state index contributed by atoms with van der Waals surface area (Å²) in [4.78, 5) is 33.7. The summed E-state index contributed by atoms with van der Waals surface area (Å²) in [5, 5.41) is 0.401. The first-order chi connectivity index (χ1) is 9.15. The van der Waals surface area contributed by atoms with Gasteiger partial charge < -0.3 is 0 Å². The number of aromatic nitrogens is 2. The largest absolute Gasteiger partial charge is 0.277 e. The van der Waals surface area contributed by atoms with Crippen LogP contribution in [-0.4, -0.2) is 26.7 Å². The molecule has 0 bridgehead atoms. The molecule has 1 saturated heterocycles. The molecule has 0 spiro atoms. The predicted molar refractivity (Wildman–Crippen MR) is 71.8 cm³/mol. The third kappa shape index (κ3) is 2.33. The molecule has 5 nitrogen and oxygen atoms in total. The molecular weight excluding hydrogens is 286 g/mol. The zero-order chi connectivity index (χ0) is 13.4. The van der Waals surface area contributed by atoms with E-state index in [1.165, 1.54) is 22.6 Å². The molecule has 0 aromatic carbocycles. The second-order valence-electron chi connectivity index (χ2n) is 4.32. The molecule has 1 fully saturated rings. The standard InChI is InChI=1S/C12H10ClN3O2S/c13-12-11-8(14-6-15-12)4-7(19-11)5-16-9(17)2-1-3-10(16)18/h4,6H,1-3,5H2. The van der Waals surface area contributed by atoms with Crippen molar-refractivity contribution < 1.29 is 9.59 Å². The summed E-state index contributed by atoms with van der Waals surface area (Å²) in [6.45, 7) is 0.301. The van der Waals surface area contributed by atoms with Gasteiger partial charge in [0, 0.05) is 17.7 Å². The number of piperidine rings is 1. The van der Waals surface area contributed by atoms with Gasteiger partial charge in [-0.3, -0.25) is 14.5 Å². The van der Waals surface area contributed by atoms with Gasteiger partial charge in [-0.2, -0.15) is 0 Å². The zero-order valence-corrected chi connectivity index (χ0v) is 11.5. The minimum absolute atomic E-state index is 0.106. The van der Waals surface area contributed by atoms with Crippen LogP contribution >= 0.6 is 22.9 Å². The van der Waals surface area contributed by atoms with Crippen LogP contribution in [0, 0.1) is 0 Å². The molecule has 7 heteroatoms. The molecule has 2 aromatic heterocycles. The van der Waals surface area contributed by atoms with Gasteiger partial charge in [-0.15, -0.1) is 11.3 Å². The van der Waals surface area contributed by atoms with Gasteiger partial charge >= 0.3 is 0 Å². The maximum absolute atomic E-state index is 11.7. The minimum atomic E-state index is -0.106. The van der Waals surface area contributed by atoms with Crippen LogP contribution in [0.5, 0.6) is 0 Å². The lowest BCUT2D eigenvalue weighted by atomic mass is 10.1. The van der Waals surface area contributed by atoms with Crippen LogP contribution in [0.25, 0.3) is 10.2 Å². The van der Waals surface area contributed by atoms with Crippen molar-refractivity contribution in [1.82, 2.24) is 14.9 Å². The third-order valence-electron chi connectivity index (χ3n) is 3.02. The number of amides is 2. The van der Waals surface area contributed by atoms with Crippen LogP contribution in [0.3, 0.4) is 0 Å². The lowest BCUT2D eigenvalue weighted by Crippen LogP contribution is -2.39. The van der Waals surface area contributed by atoms with Gasteiger partial charge in [0.1, 0.15) is 11.5 Å². The van der Waals surface area contributed by atoms with Gasteiger partial charge in [-0.25, -0.2) is 9.97 Å². The fraction of sp³-hybridized carbons (Fsp3) is 0.333. The highest BCUT2D eigenvalue weighted by molar-refractivity contribution is 7.19. The first-order valence-corrected chi connectivity index (χ1v) is 7.07. The Morgan fingerprint density at radius 3 is 2.68 bits per heavy atom. The molecule has 19 heavy (non-hydrogen) atoms. The van der Waals surface area contributed by atoms with Crippen LogP contribution in [0.1, 0.15) is 24.1 Å². The van der Waals surface area contributed by atoms with E-state index in [9.17, 15) is 9.59 Å². The van der Waals surface area contributed by atoms with Gasteiger partial charge in [-0.1, -0.05) is 11.6 Å². The highest BCUT2D eigenvalue weighted by atomic mass is 35.5. The molecule has 98 valence electrons. The number of thiophene rings is 1. The normalized spacial score (nSPS) is 16.4. The summed E-state index contributed by atoms with van der Waals surface area (Å²) < 4.78 is 0.788. The molecule has 3 heterocycles. The highest BCUT2D eigenvalue weighted by Crippen LogP contribution is 2.30. The highest BCUT2D eigenvalue weighted by Gasteiger charge is 2.26. The van der Waals surface area contributed by atoms with Crippen LogP contribution < -0.4 is 0 Å². The second kappa shape index (κ2) is 4.86. The number of likely N-dealkylation sites (tertiary alicyclic amines) is 1. The van der Waals surface area contributed by atoms with E-state index in [0.29, 0.717) is 31.0 Å². The van der Waals surface area contributed by atoms with Crippen LogP contribution in [0.4, 0.5) is 0 Å². The minimum Gasteiger partial charge on any atom is -0.277 e. The first-order valence-electron chi connectivity index (χ1n) is 5.87. The Morgan fingerprint density at radius 1 is 1.26 bits per heavy atom. The zero-order valence-electron chi connectivity index (χ0n) is 9.93. The maximum atomic E-state index is 11.7. The van der Waals surface area contributed by atoms with Crippen molar-refractivity contribution in [2.24, 2.45) is 0 Å². The number of hydrogen-bond acceptors (Lipinski definition) is 5. The van der Waals surface area contributed by atoms with E-state index in [2.05, 4.69) is 9.97 Å². The Kier molecular flexibility index (Phi) is 3.20. The molecule has 1 aliphatic rings. The lowest BCUT2D eigenvalue weighted by molar-refractivity contribution is -0.148. The van der Waals surface area contributed by atoms with Crippen molar-refractivity contribution in [3.8, 4) is 0 Å². The van der Waals surface area contributed by atoms with E-state index in [-0.39, 0.29) is 11.8 Å². The monoisotopic (exact) mass is 295 g/mol. The molecule has 2 aromatic rings. The summed E-state index contributed by atoms with van der Waals surface area (Å²) in [6.07, 6.45) is 2.94. The van der Waals surface area contributed by atoms with Crippen molar-refractivity contribution in [1.29, 1.82) is 0 Å². The molecule has 2 amide bonds. The van der Waals surface area contributed by atoms with Crippen molar-refractivity contribution in [2.75, 3.05) is 0 Å². The molecule has 0 unspecified atom stereocenters. The van der Waals surface area contributed by atoms with Crippen LogP contribution in [0.15, 0.2) is 12.4 Å². The number of carbonyl (C=O) groups is 2. The Hall–Kier alpha value is -1.53. The molecule has 1 aliphatic heterocycles. The summed E-state index contributed by atoms with van der Waals surface area (Å²) in [6, 6.07) is 1.85. The van der Waals surface area contributed by atoms with Gasteiger partial charge in [0.25, 0.3) is 0 Å². The molecule has 0 N–H and O–H groups in total. The Labute approximate surface area is 118 Å². The summed E-state index contributed by atoms with van der Waals surface area (Å²) >= 11 is 7.40. The number of hydrogen-bond donors (Lipinski definition) is 0. The van der Waals surface area contributed by atoms with Gasteiger partial charge in [0.05, 0.1) is 16.8 Å². The molecule has 0 saturated carbocycles. The molecule has 0 radical (unpaired) electrons. The molecule has 3 rings (SSSR count). The number of imide groups is 1. The number of fused-ring (bicyclic) bond motifs is 1. The maximum Gasteiger partial charge on any atom is 0.229 e. The Bertz CT molecular complexity index is 654. The van der Waals surface area contributed by atoms with Crippen LogP contribution in [-0.2, 0) is 16.1 Å². The van der Waals surface area contributed by atoms with Crippen LogP contribution in [0.2, 0.25) is 5.15 Å². The fourth-order valence-electron chi connectivity index (χ4n) is 2.08. The topological polar surface area (TPSA) is 63.2 Å². The van der Waals surface area contributed by atoms with Gasteiger partial charge in [0.2, 0.25) is 11.8 Å². The first kappa shape index (κ1) is 12.5. The average molecular weight is 296 g/mol. The SMILES string of the molecule is O=C1CCCC(=O)N1Cc1cc2ncnc(Cl)c2s1. The lowest BCUT2D eigenvalue weighted by Gasteiger charge is -2.24. The summed E-state index contributed by atoms with van der Waals surface area (Å²) in [7, 11) is 0. The Morgan fingerprint density at radius 2 is 2.00 bits per heavy atom. The molecule has 0 atom stereocenters. The number of nitrogens with zero attached hydrogens (tertiary/aromatic N) is 3. The Balaban J connectivity index is 1.90. The van der Waals surface area contributed by atoms with E-state index in [0.717, 1.165) is 15.1 Å². The second-order valence-corrected chi connectivity index (χ2v) is 5.81. The van der Waals surface area contributed by atoms with E-state index in [1.54, 1.807) is 0 Å². The number of halogens is 1. The third-order valence-corrected chi connectivity index (χ3v) is 4.53. The van der Waals surface area contributed by atoms with E-state index < -0.39 is 0 Å². The summed E-state index contributed by atoms with van der Waals surface area (Å²) in [5.41, 5.74) is 0.747. The van der Waals surface area contributed by atoms with Gasteiger partial charge in [-0.05, 0) is 12.5 Å². The molecule has 0 aliphatic carbocycles. The van der Waals surface area contributed by atoms with Gasteiger partial charge in [0.15, 0.2) is 0 Å². The van der Waals surface area contributed by atoms with E-state index >= 15 is 0 Å².